The number of rotatable bonds is 7. The molecular weight excluding hydrogens is 474 g/mol. The molecule has 182 valence electrons. The van der Waals surface area contributed by atoms with E-state index < -0.39 is 0 Å². The minimum absolute atomic E-state index is 0.0752. The maximum absolute atomic E-state index is 13.6. The van der Waals surface area contributed by atoms with Crippen LogP contribution in [0.15, 0.2) is 81.1 Å². The van der Waals surface area contributed by atoms with Crippen molar-refractivity contribution in [2.24, 2.45) is 0 Å². The van der Waals surface area contributed by atoms with Crippen LogP contribution in [0.1, 0.15) is 18.1 Å². The fraction of sp³-hybridized carbons (Fsp3) is 0.179. The number of aromatic nitrogens is 2. The first kappa shape index (κ1) is 23.7. The smallest absolute Gasteiger partial charge is 0.302 e. The quantitative estimate of drug-likeness (QED) is 0.222. The van der Waals surface area contributed by atoms with Gasteiger partial charge in [-0.15, -0.1) is 0 Å². The maximum atomic E-state index is 13.6. The molecule has 5 rings (SSSR count). The Kier molecular flexibility index (Phi) is 6.52. The molecule has 0 unspecified atom stereocenters. The van der Waals surface area contributed by atoms with Crippen LogP contribution < -0.4 is 15.6 Å². The van der Waals surface area contributed by atoms with Gasteiger partial charge in [0.2, 0.25) is 11.5 Å². The van der Waals surface area contributed by atoms with Gasteiger partial charge in [0.1, 0.15) is 16.8 Å². The summed E-state index contributed by atoms with van der Waals surface area (Å²) in [7, 11) is 0. The van der Waals surface area contributed by atoms with E-state index in [4.69, 9.17) is 14.1 Å². The Labute approximate surface area is 212 Å². The SMILES string of the molecule is CCOc1ccc(NC(=O)CSc2nc3c(oc4ccccc43)c(=O)n2-c2ccc(C)c(C)c2)cc1. The molecule has 0 aliphatic rings. The number of nitrogens with one attached hydrogen (secondary N) is 1. The summed E-state index contributed by atoms with van der Waals surface area (Å²) < 4.78 is 12.9. The lowest BCUT2D eigenvalue weighted by Crippen LogP contribution is -2.22. The Balaban J connectivity index is 1.50. The third-order valence-electron chi connectivity index (χ3n) is 5.90. The molecule has 0 fully saturated rings. The van der Waals surface area contributed by atoms with E-state index in [0.717, 1.165) is 22.3 Å². The number of hydrogen-bond acceptors (Lipinski definition) is 6. The average Bonchev–Trinajstić information content (AvgIpc) is 3.25. The Hall–Kier alpha value is -4.04. The van der Waals surface area contributed by atoms with Crippen molar-refractivity contribution in [1.29, 1.82) is 0 Å². The van der Waals surface area contributed by atoms with Crippen molar-refractivity contribution in [2.45, 2.75) is 25.9 Å². The van der Waals surface area contributed by atoms with E-state index in [1.54, 1.807) is 12.1 Å². The fourth-order valence-corrected chi connectivity index (χ4v) is 4.75. The van der Waals surface area contributed by atoms with Gasteiger partial charge in [0, 0.05) is 11.1 Å². The molecule has 0 bridgehead atoms. The van der Waals surface area contributed by atoms with Gasteiger partial charge in [-0.25, -0.2) is 4.98 Å². The number of carbonyl (C=O) groups excluding carboxylic acids is 1. The lowest BCUT2D eigenvalue weighted by Gasteiger charge is -2.13. The van der Waals surface area contributed by atoms with Crippen LogP contribution in [0.4, 0.5) is 5.69 Å². The van der Waals surface area contributed by atoms with E-state index in [-0.39, 0.29) is 22.8 Å². The molecule has 0 spiro atoms. The number of hydrogen-bond donors (Lipinski definition) is 1. The summed E-state index contributed by atoms with van der Waals surface area (Å²) in [6.07, 6.45) is 0. The number of nitrogens with zero attached hydrogens (tertiary/aromatic N) is 2. The number of fused-ring (bicyclic) bond motifs is 3. The highest BCUT2D eigenvalue weighted by atomic mass is 32.2. The summed E-state index contributed by atoms with van der Waals surface area (Å²) in [6.45, 7) is 6.51. The molecule has 0 aliphatic carbocycles. The van der Waals surface area contributed by atoms with Gasteiger partial charge in [0.15, 0.2) is 5.16 Å². The number of furan rings is 1. The number of amides is 1. The molecule has 3 aromatic carbocycles. The molecule has 0 saturated carbocycles. The van der Waals surface area contributed by atoms with Gasteiger partial charge < -0.3 is 14.5 Å². The first-order chi connectivity index (χ1) is 17.4. The van der Waals surface area contributed by atoms with Crippen molar-refractivity contribution in [3.05, 3.63) is 88.2 Å². The van der Waals surface area contributed by atoms with E-state index in [1.807, 2.05) is 75.4 Å². The molecule has 0 aliphatic heterocycles. The predicted molar refractivity (Wildman–Crippen MR) is 144 cm³/mol. The van der Waals surface area contributed by atoms with Crippen LogP contribution >= 0.6 is 11.8 Å². The van der Waals surface area contributed by atoms with Crippen LogP contribution in [-0.2, 0) is 4.79 Å². The minimum Gasteiger partial charge on any atom is -0.494 e. The molecular formula is C28H25N3O4S. The molecule has 2 heterocycles. The molecule has 8 heteroatoms. The van der Waals surface area contributed by atoms with Crippen molar-refractivity contribution in [2.75, 3.05) is 17.7 Å². The summed E-state index contributed by atoms with van der Waals surface area (Å²) in [6, 6.07) is 20.4. The van der Waals surface area contributed by atoms with Crippen LogP contribution in [0.5, 0.6) is 5.75 Å². The maximum Gasteiger partial charge on any atom is 0.302 e. The highest BCUT2D eigenvalue weighted by Gasteiger charge is 2.20. The lowest BCUT2D eigenvalue weighted by atomic mass is 10.1. The van der Waals surface area contributed by atoms with Gasteiger partial charge in [-0.3, -0.25) is 14.2 Å². The average molecular weight is 500 g/mol. The van der Waals surface area contributed by atoms with Gasteiger partial charge in [-0.1, -0.05) is 30.0 Å². The number of anilines is 1. The summed E-state index contributed by atoms with van der Waals surface area (Å²) >= 11 is 1.20. The zero-order valence-corrected chi connectivity index (χ0v) is 21.0. The summed E-state index contributed by atoms with van der Waals surface area (Å²) in [5.74, 6) is 0.612. The van der Waals surface area contributed by atoms with E-state index in [2.05, 4.69) is 5.32 Å². The second-order valence-electron chi connectivity index (χ2n) is 8.37. The van der Waals surface area contributed by atoms with Crippen molar-refractivity contribution in [1.82, 2.24) is 9.55 Å². The van der Waals surface area contributed by atoms with Gasteiger partial charge >= 0.3 is 5.56 Å². The Morgan fingerprint density at radius 1 is 1.06 bits per heavy atom. The van der Waals surface area contributed by atoms with Gasteiger partial charge in [-0.05, 0) is 80.4 Å². The van der Waals surface area contributed by atoms with Crippen LogP contribution in [0.25, 0.3) is 27.8 Å². The standard InChI is InChI=1S/C28H25N3O4S/c1-4-34-21-13-10-19(11-14-21)29-24(32)16-36-28-30-25-22-7-5-6-8-23(22)35-26(25)27(33)31(28)20-12-9-17(2)18(3)15-20/h5-15H,4,16H2,1-3H3,(H,29,32). The number of benzene rings is 3. The van der Waals surface area contributed by atoms with Crippen molar-refractivity contribution in [3.8, 4) is 11.4 Å². The van der Waals surface area contributed by atoms with Crippen LogP contribution in [0.3, 0.4) is 0 Å². The minimum atomic E-state index is -0.311. The number of carbonyl (C=O) groups is 1. The first-order valence-electron chi connectivity index (χ1n) is 11.6. The molecule has 0 radical (unpaired) electrons. The number of para-hydroxylation sites is 1. The van der Waals surface area contributed by atoms with E-state index in [0.29, 0.717) is 34.2 Å². The summed E-state index contributed by atoms with van der Waals surface area (Å²) in [5.41, 5.74) is 4.48. The first-order valence-corrected chi connectivity index (χ1v) is 12.6. The second kappa shape index (κ2) is 9.91. The third-order valence-corrected chi connectivity index (χ3v) is 6.83. The van der Waals surface area contributed by atoms with Crippen LogP contribution in [0.2, 0.25) is 0 Å². The Morgan fingerprint density at radius 2 is 1.83 bits per heavy atom. The highest BCUT2D eigenvalue weighted by molar-refractivity contribution is 7.99. The van der Waals surface area contributed by atoms with Gasteiger partial charge in [0.05, 0.1) is 18.0 Å². The number of aryl methyl sites for hydroxylation is 2. The summed E-state index contributed by atoms with van der Waals surface area (Å²) in [4.78, 5) is 31.2. The largest absolute Gasteiger partial charge is 0.494 e. The van der Waals surface area contributed by atoms with Crippen LogP contribution in [0, 0.1) is 13.8 Å². The molecule has 7 nitrogen and oxygen atoms in total. The van der Waals surface area contributed by atoms with Gasteiger partial charge in [-0.2, -0.15) is 0 Å². The molecule has 2 aromatic heterocycles. The fourth-order valence-electron chi connectivity index (χ4n) is 3.94. The van der Waals surface area contributed by atoms with E-state index in [1.165, 1.54) is 16.3 Å². The normalized spacial score (nSPS) is 11.2. The monoisotopic (exact) mass is 499 g/mol. The van der Waals surface area contributed by atoms with E-state index in [9.17, 15) is 9.59 Å². The molecule has 5 aromatic rings. The van der Waals surface area contributed by atoms with Crippen LogP contribution in [-0.4, -0.2) is 27.8 Å². The predicted octanol–water partition coefficient (Wildman–Crippen LogP) is 5.88. The molecule has 1 N–H and O–H groups in total. The topological polar surface area (TPSA) is 86.4 Å². The molecule has 1 amide bonds. The number of ether oxygens (including phenoxy) is 1. The third kappa shape index (κ3) is 4.59. The lowest BCUT2D eigenvalue weighted by molar-refractivity contribution is -0.113. The zero-order chi connectivity index (χ0) is 25.2. The molecule has 0 atom stereocenters. The Bertz CT molecular complexity index is 1640. The number of thioether (sulfide) groups is 1. The van der Waals surface area contributed by atoms with Gasteiger partial charge in [0.25, 0.3) is 0 Å². The second-order valence-corrected chi connectivity index (χ2v) is 9.32. The molecule has 0 saturated heterocycles. The molecule has 36 heavy (non-hydrogen) atoms. The zero-order valence-electron chi connectivity index (χ0n) is 20.2. The van der Waals surface area contributed by atoms with E-state index >= 15 is 0 Å². The van der Waals surface area contributed by atoms with Crippen molar-refractivity contribution < 1.29 is 13.9 Å². The Morgan fingerprint density at radius 3 is 2.58 bits per heavy atom. The van der Waals surface area contributed by atoms with Crippen molar-refractivity contribution in [3.63, 3.8) is 0 Å². The highest BCUT2D eigenvalue weighted by Crippen LogP contribution is 2.29. The summed E-state index contributed by atoms with van der Waals surface area (Å²) in [5, 5.41) is 4.07. The van der Waals surface area contributed by atoms with Crippen molar-refractivity contribution >= 4 is 45.4 Å².